The molecule has 0 fully saturated rings. The van der Waals surface area contributed by atoms with E-state index < -0.39 is 0 Å². The number of nitrogens with one attached hydrogen (secondary N) is 1. The topological polar surface area (TPSA) is 30.5 Å². The number of rotatable bonds is 9. The molecule has 124 valence electrons. The molecule has 0 radical (unpaired) electrons. The molecule has 0 bridgehead atoms. The highest BCUT2D eigenvalue weighted by Gasteiger charge is 2.13. The molecule has 0 saturated heterocycles. The molecule has 2 rings (SSSR count). The van der Waals surface area contributed by atoms with Crippen molar-refractivity contribution in [1.82, 2.24) is 0 Å². The van der Waals surface area contributed by atoms with Gasteiger partial charge >= 0.3 is 0 Å². The third-order valence-electron chi connectivity index (χ3n) is 3.43. The molecule has 0 aromatic heterocycles. The van der Waals surface area contributed by atoms with Crippen LogP contribution in [0.3, 0.4) is 0 Å². The number of hydrogen-bond donors (Lipinski definition) is 1. The van der Waals surface area contributed by atoms with Crippen molar-refractivity contribution in [2.24, 2.45) is 0 Å². The maximum absolute atomic E-state index is 5.76. The number of anilines is 1. The zero-order valence-electron chi connectivity index (χ0n) is 14.0. The van der Waals surface area contributed by atoms with Crippen LogP contribution in [0.2, 0.25) is 0 Å². The first kappa shape index (κ1) is 17.5. The third kappa shape index (κ3) is 4.82. The van der Waals surface area contributed by atoms with Gasteiger partial charge in [0.1, 0.15) is 6.61 Å². The Morgan fingerprint density at radius 1 is 1.21 bits per heavy atom. The van der Waals surface area contributed by atoms with Crippen molar-refractivity contribution < 1.29 is 9.47 Å². The van der Waals surface area contributed by atoms with Gasteiger partial charge in [0.15, 0.2) is 11.5 Å². The maximum Gasteiger partial charge on any atom is 0.166 e. The summed E-state index contributed by atoms with van der Waals surface area (Å²) in [5, 5.41) is 3.41. The van der Waals surface area contributed by atoms with Crippen molar-refractivity contribution in [2.75, 3.05) is 18.5 Å². The molecule has 0 saturated carbocycles. The summed E-state index contributed by atoms with van der Waals surface area (Å²) in [5.41, 5.74) is 3.22. The van der Waals surface area contributed by atoms with Gasteiger partial charge in [-0.25, -0.2) is 0 Å². The van der Waals surface area contributed by atoms with Gasteiger partial charge in [-0.15, -0.1) is 13.0 Å². The molecule has 0 atom stereocenters. The average molecular weight is 321 g/mol. The lowest BCUT2D eigenvalue weighted by Crippen LogP contribution is -2.06. The van der Waals surface area contributed by atoms with Gasteiger partial charge in [0, 0.05) is 17.8 Å². The molecule has 0 aliphatic heterocycles. The van der Waals surface area contributed by atoms with Crippen molar-refractivity contribution in [3.63, 3.8) is 0 Å². The summed E-state index contributed by atoms with van der Waals surface area (Å²) < 4.78 is 11.5. The minimum absolute atomic E-state index is 0.214. The molecule has 0 spiro atoms. The number of benzene rings is 2. The van der Waals surface area contributed by atoms with Crippen LogP contribution < -0.4 is 14.8 Å². The fourth-order valence-corrected chi connectivity index (χ4v) is 2.43. The van der Waals surface area contributed by atoms with Crippen LogP contribution in [0.1, 0.15) is 18.1 Å². The highest BCUT2D eigenvalue weighted by molar-refractivity contribution is 5.52. The molecular weight excluding hydrogens is 298 g/mol. The van der Waals surface area contributed by atoms with Crippen molar-refractivity contribution >= 4 is 5.69 Å². The van der Waals surface area contributed by atoms with Crippen LogP contribution in [-0.2, 0) is 13.0 Å². The SMILES string of the molecule is C#CCOc1c(CC=C)cc(CNc2ccccc2)cc1OCC. The molecule has 0 aliphatic carbocycles. The molecule has 1 N–H and O–H groups in total. The Morgan fingerprint density at radius 2 is 2.00 bits per heavy atom. The van der Waals surface area contributed by atoms with Gasteiger partial charge in [-0.1, -0.05) is 30.2 Å². The Morgan fingerprint density at radius 3 is 2.67 bits per heavy atom. The van der Waals surface area contributed by atoms with Gasteiger partial charge in [0.05, 0.1) is 6.61 Å². The highest BCUT2D eigenvalue weighted by atomic mass is 16.5. The van der Waals surface area contributed by atoms with Crippen LogP contribution >= 0.6 is 0 Å². The van der Waals surface area contributed by atoms with Crippen molar-refractivity contribution in [2.45, 2.75) is 19.9 Å². The smallest absolute Gasteiger partial charge is 0.166 e. The molecule has 24 heavy (non-hydrogen) atoms. The Bertz CT molecular complexity index is 702. The van der Waals surface area contributed by atoms with E-state index in [1.165, 1.54) is 0 Å². The molecule has 2 aromatic rings. The van der Waals surface area contributed by atoms with Gasteiger partial charge in [0.2, 0.25) is 0 Å². The van der Waals surface area contributed by atoms with Crippen LogP contribution in [0.4, 0.5) is 5.69 Å². The van der Waals surface area contributed by atoms with E-state index in [2.05, 4.69) is 23.9 Å². The van der Waals surface area contributed by atoms with Crippen molar-refractivity contribution in [1.29, 1.82) is 0 Å². The molecule has 3 heteroatoms. The van der Waals surface area contributed by atoms with E-state index in [4.69, 9.17) is 15.9 Å². The molecule has 2 aromatic carbocycles. The summed E-state index contributed by atoms with van der Waals surface area (Å²) >= 11 is 0. The van der Waals surface area contributed by atoms with E-state index >= 15 is 0 Å². The number of hydrogen-bond acceptors (Lipinski definition) is 3. The molecule has 0 amide bonds. The number of terminal acetylenes is 1. The Balaban J connectivity index is 2.27. The van der Waals surface area contributed by atoms with Crippen LogP contribution in [0, 0.1) is 12.3 Å². The Kier molecular flexibility index (Phi) is 6.79. The lowest BCUT2D eigenvalue weighted by Gasteiger charge is -2.17. The Hall–Kier alpha value is -2.86. The molecule has 0 unspecified atom stereocenters. The Labute approximate surface area is 144 Å². The first-order valence-electron chi connectivity index (χ1n) is 8.03. The maximum atomic E-state index is 5.76. The standard InChI is InChI=1S/C21H23NO2/c1-4-10-18-14-17(16-22-19-11-8-7-9-12-19)15-20(23-6-3)21(18)24-13-5-2/h2,4,7-9,11-12,14-15,22H,1,6,10,13,16H2,3H3. The minimum Gasteiger partial charge on any atom is -0.490 e. The fraction of sp³-hybridized carbons (Fsp3) is 0.238. The summed E-state index contributed by atoms with van der Waals surface area (Å²) in [6.45, 7) is 7.25. The highest BCUT2D eigenvalue weighted by Crippen LogP contribution is 2.34. The van der Waals surface area contributed by atoms with Crippen LogP contribution in [0.25, 0.3) is 0 Å². The zero-order valence-corrected chi connectivity index (χ0v) is 14.0. The molecule has 0 heterocycles. The molecule has 0 aliphatic rings. The van der Waals surface area contributed by atoms with Gasteiger partial charge in [0.25, 0.3) is 0 Å². The number of ether oxygens (including phenoxy) is 2. The predicted octanol–water partition coefficient (Wildman–Crippen LogP) is 4.44. The molecule has 3 nitrogen and oxygen atoms in total. The van der Waals surface area contributed by atoms with Gasteiger partial charge < -0.3 is 14.8 Å². The normalized spacial score (nSPS) is 9.83. The second kappa shape index (κ2) is 9.32. The van der Waals surface area contributed by atoms with E-state index in [1.54, 1.807) is 0 Å². The second-order valence-corrected chi connectivity index (χ2v) is 5.22. The van der Waals surface area contributed by atoms with Gasteiger partial charge in [-0.3, -0.25) is 0 Å². The first-order chi connectivity index (χ1) is 11.8. The fourth-order valence-electron chi connectivity index (χ4n) is 2.43. The third-order valence-corrected chi connectivity index (χ3v) is 3.43. The van der Waals surface area contributed by atoms with Crippen LogP contribution in [0.5, 0.6) is 11.5 Å². The lowest BCUT2D eigenvalue weighted by molar-refractivity contribution is 0.297. The van der Waals surface area contributed by atoms with Gasteiger partial charge in [-0.2, -0.15) is 0 Å². The van der Waals surface area contributed by atoms with E-state index in [9.17, 15) is 0 Å². The average Bonchev–Trinajstić information content (AvgIpc) is 2.61. The van der Waals surface area contributed by atoms with E-state index in [1.807, 2.05) is 49.4 Å². The first-order valence-corrected chi connectivity index (χ1v) is 8.03. The summed E-state index contributed by atoms with van der Waals surface area (Å²) in [5.74, 6) is 3.93. The summed E-state index contributed by atoms with van der Waals surface area (Å²) in [6, 6.07) is 14.2. The van der Waals surface area contributed by atoms with Gasteiger partial charge in [-0.05, 0) is 43.2 Å². The number of para-hydroxylation sites is 1. The lowest BCUT2D eigenvalue weighted by atomic mass is 10.1. The van der Waals surface area contributed by atoms with E-state index in [0.717, 1.165) is 22.6 Å². The second-order valence-electron chi connectivity index (χ2n) is 5.22. The summed E-state index contributed by atoms with van der Waals surface area (Å²) in [4.78, 5) is 0. The van der Waals surface area contributed by atoms with Crippen LogP contribution in [0.15, 0.2) is 55.1 Å². The molecular formula is C21H23NO2. The van der Waals surface area contributed by atoms with Crippen molar-refractivity contribution in [3.8, 4) is 23.8 Å². The van der Waals surface area contributed by atoms with E-state index in [0.29, 0.717) is 25.3 Å². The van der Waals surface area contributed by atoms with Crippen molar-refractivity contribution in [3.05, 3.63) is 66.2 Å². The van der Waals surface area contributed by atoms with Crippen LogP contribution in [-0.4, -0.2) is 13.2 Å². The quantitative estimate of drug-likeness (QED) is 0.547. The minimum atomic E-state index is 0.214. The summed E-state index contributed by atoms with van der Waals surface area (Å²) in [6.07, 6.45) is 7.86. The zero-order chi connectivity index (χ0) is 17.2. The largest absolute Gasteiger partial charge is 0.490 e. The van der Waals surface area contributed by atoms with E-state index in [-0.39, 0.29) is 6.61 Å². The number of allylic oxidation sites excluding steroid dienone is 1. The monoisotopic (exact) mass is 321 g/mol. The summed E-state index contributed by atoms with van der Waals surface area (Å²) in [7, 11) is 0. The predicted molar refractivity (Wildman–Crippen MR) is 99.6 cm³/mol.